The highest BCUT2D eigenvalue weighted by atomic mass is 32.2. The summed E-state index contributed by atoms with van der Waals surface area (Å²) < 4.78 is 42.5. The van der Waals surface area contributed by atoms with E-state index in [2.05, 4.69) is 10.1 Å². The van der Waals surface area contributed by atoms with Crippen LogP contribution < -0.4 is 15.5 Å². The van der Waals surface area contributed by atoms with Gasteiger partial charge < -0.3 is 10.1 Å². The van der Waals surface area contributed by atoms with Gasteiger partial charge in [0.1, 0.15) is 17.1 Å². The van der Waals surface area contributed by atoms with E-state index in [1.807, 2.05) is 11.8 Å². The fraction of sp³-hybridized carbons (Fsp3) is 0.368. The zero-order chi connectivity index (χ0) is 20.1. The molecule has 0 radical (unpaired) electrons. The molecule has 0 saturated carbocycles. The van der Waals surface area contributed by atoms with Crippen molar-refractivity contribution in [3.8, 4) is 5.75 Å². The molecule has 1 aromatic carbocycles. The van der Waals surface area contributed by atoms with E-state index in [0.717, 1.165) is 31.1 Å². The highest BCUT2D eigenvalue weighted by molar-refractivity contribution is 7.99. The van der Waals surface area contributed by atoms with Crippen LogP contribution in [0.25, 0.3) is 0 Å². The van der Waals surface area contributed by atoms with Gasteiger partial charge in [-0.3, -0.25) is 15.4 Å². The lowest BCUT2D eigenvalue weighted by molar-refractivity contribution is -0.274. The van der Waals surface area contributed by atoms with Crippen molar-refractivity contribution in [1.82, 2.24) is 4.57 Å². The average molecular weight is 410 g/mol. The zero-order valence-corrected chi connectivity index (χ0v) is 15.9. The van der Waals surface area contributed by atoms with E-state index < -0.39 is 12.1 Å². The van der Waals surface area contributed by atoms with Crippen LogP contribution in [0.5, 0.6) is 5.75 Å². The van der Waals surface area contributed by atoms with Crippen LogP contribution >= 0.6 is 11.8 Å². The second kappa shape index (κ2) is 8.72. The molecule has 0 unspecified atom stereocenters. The fourth-order valence-corrected chi connectivity index (χ4v) is 4.19. The first-order chi connectivity index (χ1) is 13.3. The molecule has 0 spiro atoms. The Kier molecular flexibility index (Phi) is 6.33. The van der Waals surface area contributed by atoms with Gasteiger partial charge >= 0.3 is 6.36 Å². The van der Waals surface area contributed by atoms with Crippen LogP contribution in [0.3, 0.4) is 0 Å². The van der Waals surface area contributed by atoms with Crippen LogP contribution in [0.1, 0.15) is 18.4 Å². The van der Waals surface area contributed by atoms with Crippen molar-refractivity contribution in [2.45, 2.75) is 19.2 Å². The van der Waals surface area contributed by atoms with Gasteiger partial charge in [0.25, 0.3) is 0 Å². The SMILES string of the molecule is N=C(c1cccc(OC(F)(F)F)c1)n1cc(NCC2CCSCC2)ccc1=N. The first-order valence-corrected chi connectivity index (χ1v) is 10.0. The van der Waals surface area contributed by atoms with E-state index in [1.54, 1.807) is 18.3 Å². The number of rotatable bonds is 5. The van der Waals surface area contributed by atoms with E-state index in [9.17, 15) is 13.2 Å². The first kappa shape index (κ1) is 20.3. The molecule has 1 aromatic heterocycles. The molecule has 1 aliphatic rings. The Morgan fingerprint density at radius 2 is 1.96 bits per heavy atom. The molecule has 5 nitrogen and oxygen atoms in total. The monoisotopic (exact) mass is 410 g/mol. The Hall–Kier alpha value is -2.42. The molecule has 150 valence electrons. The van der Waals surface area contributed by atoms with Crippen LogP contribution in [-0.2, 0) is 0 Å². The van der Waals surface area contributed by atoms with E-state index in [1.165, 1.54) is 34.3 Å². The predicted octanol–water partition coefficient (Wildman–Crippen LogP) is 4.29. The summed E-state index contributed by atoms with van der Waals surface area (Å²) in [4.78, 5) is 0. The van der Waals surface area contributed by atoms with Gasteiger partial charge in [0.2, 0.25) is 0 Å². The summed E-state index contributed by atoms with van der Waals surface area (Å²) in [6.07, 6.45) is -0.846. The molecule has 2 aromatic rings. The number of benzene rings is 1. The van der Waals surface area contributed by atoms with Gasteiger partial charge in [-0.25, -0.2) is 0 Å². The summed E-state index contributed by atoms with van der Waals surface area (Å²) in [6.45, 7) is 0.820. The third kappa shape index (κ3) is 5.54. The van der Waals surface area contributed by atoms with E-state index in [-0.39, 0.29) is 16.9 Å². The van der Waals surface area contributed by atoms with E-state index in [4.69, 9.17) is 10.8 Å². The number of pyridine rings is 1. The molecular weight excluding hydrogens is 389 g/mol. The molecule has 0 bridgehead atoms. The van der Waals surface area contributed by atoms with Crippen LogP contribution in [-0.4, -0.2) is 34.8 Å². The minimum atomic E-state index is -4.80. The number of thioether (sulfide) groups is 1. The first-order valence-electron chi connectivity index (χ1n) is 8.86. The van der Waals surface area contributed by atoms with Gasteiger partial charge in [-0.1, -0.05) is 12.1 Å². The fourth-order valence-electron chi connectivity index (χ4n) is 2.98. The number of nitrogens with zero attached hydrogens (tertiary/aromatic N) is 1. The van der Waals surface area contributed by atoms with Crippen LogP contribution in [0.15, 0.2) is 42.6 Å². The summed E-state index contributed by atoms with van der Waals surface area (Å²) in [6, 6.07) is 8.55. The summed E-state index contributed by atoms with van der Waals surface area (Å²) in [5, 5.41) is 19.7. The van der Waals surface area contributed by atoms with Gasteiger partial charge in [0, 0.05) is 18.3 Å². The molecule has 1 aliphatic heterocycles. The number of hydrogen-bond donors (Lipinski definition) is 3. The minimum absolute atomic E-state index is 0.0618. The van der Waals surface area contributed by atoms with Crippen LogP contribution in [0.2, 0.25) is 0 Å². The number of anilines is 1. The lowest BCUT2D eigenvalue weighted by atomic mass is 10.0. The molecule has 0 atom stereocenters. The average Bonchev–Trinajstić information content (AvgIpc) is 2.66. The standard InChI is InChI=1S/C19H21F3N4OS/c20-19(21,22)27-16-3-1-2-14(10-16)18(24)26-12-15(4-5-17(26)23)25-11-13-6-8-28-9-7-13/h1-5,10,12-13,23-25H,6-9,11H2. The number of halogens is 3. The van der Waals surface area contributed by atoms with E-state index in [0.29, 0.717) is 5.92 Å². The third-order valence-electron chi connectivity index (χ3n) is 4.47. The van der Waals surface area contributed by atoms with Gasteiger partial charge in [-0.2, -0.15) is 11.8 Å². The molecule has 9 heteroatoms. The molecule has 2 heterocycles. The minimum Gasteiger partial charge on any atom is -0.406 e. The summed E-state index contributed by atoms with van der Waals surface area (Å²) in [7, 11) is 0. The molecule has 28 heavy (non-hydrogen) atoms. The number of alkyl halides is 3. The largest absolute Gasteiger partial charge is 0.573 e. The Morgan fingerprint density at radius 1 is 1.21 bits per heavy atom. The Morgan fingerprint density at radius 3 is 2.68 bits per heavy atom. The second-order valence-corrected chi connectivity index (χ2v) is 7.76. The Labute approximate surface area is 164 Å². The number of hydrogen-bond acceptors (Lipinski definition) is 5. The zero-order valence-electron chi connectivity index (χ0n) is 15.1. The molecule has 1 fully saturated rings. The summed E-state index contributed by atoms with van der Waals surface area (Å²) >= 11 is 1.97. The maximum atomic E-state index is 12.4. The van der Waals surface area contributed by atoms with Crippen LogP contribution in [0, 0.1) is 16.7 Å². The number of ether oxygens (including phenoxy) is 1. The third-order valence-corrected chi connectivity index (χ3v) is 5.51. The Bertz CT molecular complexity index is 891. The molecule has 3 rings (SSSR count). The summed E-state index contributed by atoms with van der Waals surface area (Å²) in [5.41, 5.74) is 1.05. The van der Waals surface area contributed by atoms with Crippen molar-refractivity contribution in [2.24, 2.45) is 5.92 Å². The Balaban J connectivity index is 1.76. The van der Waals surface area contributed by atoms with Crippen molar-refractivity contribution in [3.63, 3.8) is 0 Å². The smallest absolute Gasteiger partial charge is 0.406 e. The van der Waals surface area contributed by atoms with Crippen molar-refractivity contribution in [2.75, 3.05) is 23.4 Å². The van der Waals surface area contributed by atoms with Crippen molar-refractivity contribution in [1.29, 1.82) is 10.8 Å². The maximum Gasteiger partial charge on any atom is 0.573 e. The highest BCUT2D eigenvalue weighted by Crippen LogP contribution is 2.24. The highest BCUT2D eigenvalue weighted by Gasteiger charge is 2.31. The quantitative estimate of drug-likeness (QED) is 0.508. The predicted molar refractivity (Wildman–Crippen MR) is 104 cm³/mol. The van der Waals surface area contributed by atoms with Crippen molar-refractivity contribution < 1.29 is 17.9 Å². The van der Waals surface area contributed by atoms with Crippen molar-refractivity contribution in [3.05, 3.63) is 53.6 Å². The lowest BCUT2D eigenvalue weighted by Crippen LogP contribution is -2.27. The van der Waals surface area contributed by atoms with E-state index >= 15 is 0 Å². The van der Waals surface area contributed by atoms with Gasteiger partial charge in [0.05, 0.1) is 5.69 Å². The summed E-state index contributed by atoms with van der Waals surface area (Å²) in [5.74, 6) is 2.43. The topological polar surface area (TPSA) is 73.9 Å². The number of nitrogens with one attached hydrogen (secondary N) is 3. The van der Waals surface area contributed by atoms with Gasteiger partial charge in [0.15, 0.2) is 0 Å². The lowest BCUT2D eigenvalue weighted by Gasteiger charge is -2.22. The van der Waals surface area contributed by atoms with Gasteiger partial charge in [-0.15, -0.1) is 13.2 Å². The van der Waals surface area contributed by atoms with Gasteiger partial charge in [-0.05, 0) is 54.5 Å². The molecule has 3 N–H and O–H groups in total. The molecule has 0 aliphatic carbocycles. The second-order valence-electron chi connectivity index (χ2n) is 6.53. The normalized spacial score (nSPS) is 15.2. The maximum absolute atomic E-state index is 12.4. The molecule has 1 saturated heterocycles. The van der Waals surface area contributed by atoms with Crippen LogP contribution in [0.4, 0.5) is 18.9 Å². The molecule has 0 amide bonds. The number of aromatic nitrogens is 1. The van der Waals surface area contributed by atoms with Crippen molar-refractivity contribution >= 4 is 23.3 Å². The molecular formula is C19H21F3N4OS.